The van der Waals surface area contributed by atoms with E-state index in [2.05, 4.69) is 59.3 Å². The zero-order chi connectivity index (χ0) is 15.2. The molecule has 0 amide bonds. The van der Waals surface area contributed by atoms with Crippen molar-refractivity contribution in [2.45, 2.75) is 26.2 Å². The highest BCUT2D eigenvalue weighted by Crippen LogP contribution is 2.26. The molecule has 0 aliphatic heterocycles. The van der Waals surface area contributed by atoms with Gasteiger partial charge in [-0.1, -0.05) is 40.2 Å². The summed E-state index contributed by atoms with van der Waals surface area (Å²) in [7, 11) is 0. The highest BCUT2D eigenvalue weighted by molar-refractivity contribution is 9.10. The van der Waals surface area contributed by atoms with Crippen LogP contribution in [0.4, 0.5) is 0 Å². The lowest BCUT2D eigenvalue weighted by molar-refractivity contribution is 0.337. The van der Waals surface area contributed by atoms with Crippen molar-refractivity contribution in [1.82, 2.24) is 0 Å². The van der Waals surface area contributed by atoms with Crippen LogP contribution in [0.2, 0.25) is 0 Å². The molecule has 2 N–H and O–H groups in total. The fourth-order valence-corrected chi connectivity index (χ4v) is 2.98. The molecule has 2 nitrogen and oxygen atoms in total. The highest BCUT2D eigenvalue weighted by atomic mass is 79.9. The van der Waals surface area contributed by atoms with Gasteiger partial charge in [0.1, 0.15) is 5.75 Å². The van der Waals surface area contributed by atoms with Crippen molar-refractivity contribution in [3.63, 3.8) is 0 Å². The van der Waals surface area contributed by atoms with Crippen LogP contribution in [0.3, 0.4) is 0 Å². The smallest absolute Gasteiger partial charge is 0.122 e. The van der Waals surface area contributed by atoms with Crippen molar-refractivity contribution >= 4 is 15.9 Å². The average molecular weight is 348 g/mol. The summed E-state index contributed by atoms with van der Waals surface area (Å²) >= 11 is 3.52. The number of hydrogen-bond donors (Lipinski definition) is 1. The number of benzene rings is 2. The van der Waals surface area contributed by atoms with Gasteiger partial charge >= 0.3 is 0 Å². The SMILES string of the molecule is CCOc1ccc(C(CN)Cc2cccc(Br)c2)cc1C. The van der Waals surface area contributed by atoms with Crippen LogP contribution in [0.1, 0.15) is 29.5 Å². The van der Waals surface area contributed by atoms with Crippen LogP contribution in [-0.2, 0) is 6.42 Å². The molecule has 3 heteroatoms. The Hall–Kier alpha value is -1.32. The first-order chi connectivity index (χ1) is 10.1. The standard InChI is InChI=1S/C18H22BrNO/c1-3-21-18-8-7-15(9-13(18)2)16(12-20)10-14-5-4-6-17(19)11-14/h4-9,11,16H,3,10,12,20H2,1-2H3. The van der Waals surface area contributed by atoms with Crippen LogP contribution in [0.25, 0.3) is 0 Å². The van der Waals surface area contributed by atoms with Crippen LogP contribution in [-0.4, -0.2) is 13.2 Å². The highest BCUT2D eigenvalue weighted by Gasteiger charge is 2.12. The van der Waals surface area contributed by atoms with Crippen LogP contribution in [0, 0.1) is 6.92 Å². The molecule has 1 atom stereocenters. The lowest BCUT2D eigenvalue weighted by Gasteiger charge is -2.17. The maximum absolute atomic E-state index is 5.99. The van der Waals surface area contributed by atoms with E-state index in [1.807, 2.05) is 13.0 Å². The molecule has 0 spiro atoms. The van der Waals surface area contributed by atoms with Gasteiger partial charge in [0, 0.05) is 10.4 Å². The van der Waals surface area contributed by atoms with Crippen molar-refractivity contribution in [3.05, 3.63) is 63.6 Å². The van der Waals surface area contributed by atoms with Crippen molar-refractivity contribution in [2.75, 3.05) is 13.2 Å². The third kappa shape index (κ3) is 4.32. The second-order valence-electron chi connectivity index (χ2n) is 5.22. The molecule has 0 aromatic heterocycles. The average Bonchev–Trinajstić information content (AvgIpc) is 2.47. The Morgan fingerprint density at radius 3 is 2.62 bits per heavy atom. The third-order valence-electron chi connectivity index (χ3n) is 3.63. The van der Waals surface area contributed by atoms with Crippen LogP contribution >= 0.6 is 15.9 Å². The minimum Gasteiger partial charge on any atom is -0.494 e. The van der Waals surface area contributed by atoms with E-state index < -0.39 is 0 Å². The van der Waals surface area contributed by atoms with E-state index >= 15 is 0 Å². The monoisotopic (exact) mass is 347 g/mol. The summed E-state index contributed by atoms with van der Waals surface area (Å²) in [6.07, 6.45) is 0.948. The van der Waals surface area contributed by atoms with Crippen molar-refractivity contribution in [3.8, 4) is 5.75 Å². The molecule has 112 valence electrons. The Bertz CT molecular complexity index is 598. The summed E-state index contributed by atoms with van der Waals surface area (Å²) in [5.41, 5.74) is 9.74. The van der Waals surface area contributed by atoms with Crippen LogP contribution < -0.4 is 10.5 Å². The molecule has 0 saturated heterocycles. The van der Waals surface area contributed by atoms with Gasteiger partial charge in [-0.05, 0) is 61.7 Å². The van der Waals surface area contributed by atoms with E-state index in [4.69, 9.17) is 10.5 Å². The maximum atomic E-state index is 5.99. The predicted molar refractivity (Wildman–Crippen MR) is 92.0 cm³/mol. The molecule has 21 heavy (non-hydrogen) atoms. The second-order valence-corrected chi connectivity index (χ2v) is 6.14. The van der Waals surface area contributed by atoms with E-state index in [0.29, 0.717) is 19.1 Å². The maximum Gasteiger partial charge on any atom is 0.122 e. The fourth-order valence-electron chi connectivity index (χ4n) is 2.53. The first-order valence-electron chi connectivity index (χ1n) is 7.32. The van der Waals surface area contributed by atoms with Gasteiger partial charge in [-0.25, -0.2) is 0 Å². The number of nitrogens with two attached hydrogens (primary N) is 1. The van der Waals surface area contributed by atoms with Crippen LogP contribution in [0.5, 0.6) is 5.75 Å². The first kappa shape index (κ1) is 16.1. The molecule has 0 bridgehead atoms. The number of rotatable bonds is 6. The molecule has 0 aliphatic rings. The van der Waals surface area contributed by atoms with Crippen molar-refractivity contribution in [1.29, 1.82) is 0 Å². The quantitative estimate of drug-likeness (QED) is 0.838. The fraction of sp³-hybridized carbons (Fsp3) is 0.333. The van der Waals surface area contributed by atoms with Gasteiger partial charge in [0.15, 0.2) is 0 Å². The summed E-state index contributed by atoms with van der Waals surface area (Å²) in [6.45, 7) is 5.42. The van der Waals surface area contributed by atoms with Gasteiger partial charge in [0.05, 0.1) is 6.61 Å². The molecule has 2 aromatic rings. The summed E-state index contributed by atoms with van der Waals surface area (Å²) in [5, 5.41) is 0. The lowest BCUT2D eigenvalue weighted by Crippen LogP contribution is -2.15. The lowest BCUT2D eigenvalue weighted by atomic mass is 9.91. The van der Waals surface area contributed by atoms with Crippen molar-refractivity contribution in [2.24, 2.45) is 5.73 Å². The third-order valence-corrected chi connectivity index (χ3v) is 4.12. The number of ether oxygens (including phenoxy) is 1. The number of aryl methyl sites for hydroxylation is 1. The van der Waals surface area contributed by atoms with Crippen molar-refractivity contribution < 1.29 is 4.74 Å². The van der Waals surface area contributed by atoms with E-state index in [1.54, 1.807) is 0 Å². The second kappa shape index (κ2) is 7.62. The molecule has 0 fully saturated rings. The summed E-state index contributed by atoms with van der Waals surface area (Å²) in [6, 6.07) is 14.8. The molecule has 0 saturated carbocycles. The van der Waals surface area contributed by atoms with E-state index in [1.165, 1.54) is 16.7 Å². The molecule has 0 aliphatic carbocycles. The molecular weight excluding hydrogens is 326 g/mol. The Kier molecular flexibility index (Phi) is 5.83. The molecule has 2 rings (SSSR count). The normalized spacial score (nSPS) is 12.2. The minimum absolute atomic E-state index is 0.327. The topological polar surface area (TPSA) is 35.2 Å². The molecule has 0 radical (unpaired) electrons. The summed E-state index contributed by atoms with van der Waals surface area (Å²) in [5.74, 6) is 1.29. The first-order valence-corrected chi connectivity index (χ1v) is 8.11. The van der Waals surface area contributed by atoms with Gasteiger partial charge in [0.2, 0.25) is 0 Å². The van der Waals surface area contributed by atoms with Gasteiger partial charge < -0.3 is 10.5 Å². The molecule has 2 aromatic carbocycles. The molecule has 0 heterocycles. The Balaban J connectivity index is 2.19. The molecule has 1 unspecified atom stereocenters. The van der Waals surface area contributed by atoms with Gasteiger partial charge in [0.25, 0.3) is 0 Å². The number of halogens is 1. The van der Waals surface area contributed by atoms with Gasteiger partial charge in [-0.2, -0.15) is 0 Å². The number of hydrogen-bond acceptors (Lipinski definition) is 2. The predicted octanol–water partition coefficient (Wildman–Crippen LogP) is 4.44. The molecular formula is C18H22BrNO. The zero-order valence-electron chi connectivity index (χ0n) is 12.6. The van der Waals surface area contributed by atoms with E-state index in [9.17, 15) is 0 Å². The van der Waals surface area contributed by atoms with E-state index in [0.717, 1.165) is 16.6 Å². The Morgan fingerprint density at radius 2 is 2.00 bits per heavy atom. The summed E-state index contributed by atoms with van der Waals surface area (Å²) < 4.78 is 6.71. The summed E-state index contributed by atoms with van der Waals surface area (Å²) in [4.78, 5) is 0. The minimum atomic E-state index is 0.327. The Morgan fingerprint density at radius 1 is 1.19 bits per heavy atom. The van der Waals surface area contributed by atoms with Gasteiger partial charge in [-0.3, -0.25) is 0 Å². The zero-order valence-corrected chi connectivity index (χ0v) is 14.2. The van der Waals surface area contributed by atoms with Gasteiger partial charge in [-0.15, -0.1) is 0 Å². The largest absolute Gasteiger partial charge is 0.494 e. The Labute approximate surface area is 135 Å². The van der Waals surface area contributed by atoms with Crippen LogP contribution in [0.15, 0.2) is 46.9 Å². The van der Waals surface area contributed by atoms with E-state index in [-0.39, 0.29) is 0 Å².